The fraction of sp³-hybridized carbons (Fsp3) is 0.545. The zero-order chi connectivity index (χ0) is 12.3. The number of fused-ring (bicyclic) bond motifs is 1. The normalized spacial score (nSPS) is 14.9. The van der Waals surface area contributed by atoms with Gasteiger partial charge in [-0.15, -0.1) is 0 Å². The second-order valence-corrected chi connectivity index (χ2v) is 3.92. The molecule has 0 bridgehead atoms. The van der Waals surface area contributed by atoms with Crippen LogP contribution in [0.1, 0.15) is 18.7 Å². The maximum absolute atomic E-state index is 7.00. The molecular weight excluding hydrogens is 218 g/mol. The fourth-order valence-electron chi connectivity index (χ4n) is 2.10. The molecule has 0 spiro atoms. The van der Waals surface area contributed by atoms with Gasteiger partial charge in [-0.05, 0) is 19.8 Å². The number of anilines is 1. The predicted molar refractivity (Wildman–Crippen MR) is 66.0 cm³/mol. The first-order valence-corrected chi connectivity index (χ1v) is 5.72. The van der Waals surface area contributed by atoms with Crippen LogP contribution >= 0.6 is 0 Å². The highest BCUT2D eigenvalue weighted by Gasteiger charge is 2.17. The monoisotopic (exact) mass is 235 g/mol. The molecule has 1 aliphatic rings. The Hall–Kier alpha value is -1.69. The second kappa shape index (κ2) is 5.09. The summed E-state index contributed by atoms with van der Waals surface area (Å²) in [5.74, 6) is 1.83. The summed E-state index contributed by atoms with van der Waals surface area (Å²) in [5, 5.41) is 14.9. The van der Waals surface area contributed by atoms with E-state index in [2.05, 4.69) is 25.1 Å². The minimum Gasteiger partial charge on any atom is -0.400 e. The van der Waals surface area contributed by atoms with Gasteiger partial charge in [0.1, 0.15) is 11.6 Å². The van der Waals surface area contributed by atoms with E-state index >= 15 is 0 Å². The van der Waals surface area contributed by atoms with Gasteiger partial charge in [0, 0.05) is 20.2 Å². The molecule has 0 amide bonds. The molecule has 2 aromatic rings. The van der Waals surface area contributed by atoms with Crippen LogP contribution in [0.15, 0.2) is 6.20 Å². The highest BCUT2D eigenvalue weighted by Crippen LogP contribution is 2.25. The van der Waals surface area contributed by atoms with E-state index in [4.69, 9.17) is 5.11 Å². The van der Waals surface area contributed by atoms with Crippen molar-refractivity contribution in [2.24, 2.45) is 0 Å². The first kappa shape index (κ1) is 11.8. The lowest BCUT2D eigenvalue weighted by Crippen LogP contribution is -2.19. The molecule has 2 aromatic heterocycles. The van der Waals surface area contributed by atoms with Crippen LogP contribution in [0.5, 0.6) is 0 Å². The average Bonchev–Trinajstić information content (AvgIpc) is 3.01. The number of hydrogen-bond donors (Lipinski definition) is 2. The first-order chi connectivity index (χ1) is 8.34. The SMILES string of the molecule is CO.Cc1nc(N2CCCC2)c2cn[nH]c2n1. The molecule has 0 aromatic carbocycles. The Kier molecular flexibility index (Phi) is 3.53. The lowest BCUT2D eigenvalue weighted by Gasteiger charge is -2.16. The summed E-state index contributed by atoms with van der Waals surface area (Å²) in [6, 6.07) is 0. The number of aliphatic hydroxyl groups is 1. The lowest BCUT2D eigenvalue weighted by atomic mass is 10.3. The third kappa shape index (κ3) is 2.21. The molecule has 0 saturated carbocycles. The summed E-state index contributed by atoms with van der Waals surface area (Å²) in [7, 11) is 1.00. The van der Waals surface area contributed by atoms with Gasteiger partial charge in [0.15, 0.2) is 5.65 Å². The number of aliphatic hydroxyl groups excluding tert-OH is 1. The van der Waals surface area contributed by atoms with E-state index in [-0.39, 0.29) is 0 Å². The highest BCUT2D eigenvalue weighted by molar-refractivity contribution is 5.86. The fourth-order valence-corrected chi connectivity index (χ4v) is 2.10. The van der Waals surface area contributed by atoms with Crippen LogP contribution in [-0.2, 0) is 0 Å². The average molecular weight is 235 g/mol. The smallest absolute Gasteiger partial charge is 0.161 e. The summed E-state index contributed by atoms with van der Waals surface area (Å²) in [6.07, 6.45) is 4.31. The van der Waals surface area contributed by atoms with Crippen LogP contribution < -0.4 is 4.90 Å². The molecule has 0 aliphatic carbocycles. The van der Waals surface area contributed by atoms with Crippen LogP contribution in [-0.4, -0.2) is 45.5 Å². The number of nitrogens with one attached hydrogen (secondary N) is 1. The van der Waals surface area contributed by atoms with E-state index in [9.17, 15) is 0 Å². The van der Waals surface area contributed by atoms with Crippen molar-refractivity contribution in [3.63, 3.8) is 0 Å². The molecule has 17 heavy (non-hydrogen) atoms. The zero-order valence-corrected chi connectivity index (χ0v) is 10.1. The van der Waals surface area contributed by atoms with Crippen LogP contribution in [0.4, 0.5) is 5.82 Å². The Labute approximate surface area is 99.7 Å². The van der Waals surface area contributed by atoms with Gasteiger partial charge in [-0.1, -0.05) is 0 Å². The number of rotatable bonds is 1. The van der Waals surface area contributed by atoms with Gasteiger partial charge in [-0.2, -0.15) is 5.10 Å². The van der Waals surface area contributed by atoms with Gasteiger partial charge in [-0.25, -0.2) is 9.97 Å². The Morgan fingerprint density at radius 1 is 1.24 bits per heavy atom. The standard InChI is InChI=1S/C10H13N5.CH4O/c1-7-12-9-8(6-11-14-9)10(13-7)15-4-2-3-5-15;1-2/h6H,2-5H2,1H3,(H,11,12,13,14);2H,1H3. The van der Waals surface area contributed by atoms with E-state index in [1.807, 2.05) is 13.1 Å². The number of H-pyrrole nitrogens is 1. The lowest BCUT2D eigenvalue weighted by molar-refractivity contribution is 0.399. The van der Waals surface area contributed by atoms with Crippen LogP contribution in [0.3, 0.4) is 0 Å². The van der Waals surface area contributed by atoms with E-state index in [1.165, 1.54) is 12.8 Å². The number of nitrogens with zero attached hydrogens (tertiary/aromatic N) is 4. The summed E-state index contributed by atoms with van der Waals surface area (Å²) >= 11 is 0. The van der Waals surface area contributed by atoms with Gasteiger partial charge >= 0.3 is 0 Å². The first-order valence-electron chi connectivity index (χ1n) is 5.72. The molecule has 1 fully saturated rings. The number of aryl methyl sites for hydroxylation is 1. The topological polar surface area (TPSA) is 77.9 Å². The molecule has 0 unspecified atom stereocenters. The molecule has 1 aliphatic heterocycles. The van der Waals surface area contributed by atoms with Crippen molar-refractivity contribution in [2.45, 2.75) is 19.8 Å². The zero-order valence-electron chi connectivity index (χ0n) is 10.1. The molecular formula is C11H17N5O. The maximum atomic E-state index is 7.00. The molecule has 0 atom stereocenters. The second-order valence-electron chi connectivity index (χ2n) is 3.92. The highest BCUT2D eigenvalue weighted by atomic mass is 16.2. The molecule has 6 heteroatoms. The predicted octanol–water partition coefficient (Wildman–Crippen LogP) is 0.870. The summed E-state index contributed by atoms with van der Waals surface area (Å²) in [4.78, 5) is 11.1. The van der Waals surface area contributed by atoms with Gasteiger partial charge in [0.25, 0.3) is 0 Å². The van der Waals surface area contributed by atoms with E-state index < -0.39 is 0 Å². The summed E-state index contributed by atoms with van der Waals surface area (Å²) < 4.78 is 0. The van der Waals surface area contributed by atoms with E-state index in [0.717, 1.165) is 42.9 Å². The Morgan fingerprint density at radius 2 is 1.94 bits per heavy atom. The van der Waals surface area contributed by atoms with Gasteiger partial charge in [0.05, 0.1) is 11.6 Å². The minimum absolute atomic E-state index is 0.800. The molecule has 6 nitrogen and oxygen atoms in total. The number of hydrogen-bond acceptors (Lipinski definition) is 5. The van der Waals surface area contributed by atoms with Crippen LogP contribution in [0.25, 0.3) is 11.0 Å². The molecule has 2 N–H and O–H groups in total. The molecule has 0 radical (unpaired) electrons. The van der Waals surface area contributed by atoms with Crippen molar-refractivity contribution in [1.82, 2.24) is 20.2 Å². The van der Waals surface area contributed by atoms with E-state index in [1.54, 1.807) is 0 Å². The summed E-state index contributed by atoms with van der Waals surface area (Å²) in [6.45, 7) is 4.10. The molecule has 1 saturated heterocycles. The quantitative estimate of drug-likeness (QED) is 0.767. The largest absolute Gasteiger partial charge is 0.400 e. The van der Waals surface area contributed by atoms with Crippen molar-refractivity contribution < 1.29 is 5.11 Å². The Bertz CT molecular complexity index is 490. The van der Waals surface area contributed by atoms with Crippen molar-refractivity contribution in [3.05, 3.63) is 12.0 Å². The Morgan fingerprint density at radius 3 is 2.65 bits per heavy atom. The van der Waals surface area contributed by atoms with Crippen molar-refractivity contribution in [2.75, 3.05) is 25.1 Å². The van der Waals surface area contributed by atoms with Crippen molar-refractivity contribution in [1.29, 1.82) is 0 Å². The van der Waals surface area contributed by atoms with Crippen LogP contribution in [0, 0.1) is 6.92 Å². The van der Waals surface area contributed by atoms with Crippen molar-refractivity contribution >= 4 is 16.9 Å². The third-order valence-electron chi connectivity index (χ3n) is 2.81. The number of aromatic nitrogens is 4. The summed E-state index contributed by atoms with van der Waals surface area (Å²) in [5.41, 5.74) is 0.837. The molecule has 3 heterocycles. The Balaban J connectivity index is 0.000000514. The molecule has 3 rings (SSSR count). The van der Waals surface area contributed by atoms with Crippen LogP contribution in [0.2, 0.25) is 0 Å². The number of aromatic amines is 1. The maximum Gasteiger partial charge on any atom is 0.161 e. The molecule has 92 valence electrons. The van der Waals surface area contributed by atoms with Gasteiger partial charge in [0.2, 0.25) is 0 Å². The minimum atomic E-state index is 0.800. The third-order valence-corrected chi connectivity index (χ3v) is 2.81. The van der Waals surface area contributed by atoms with Gasteiger partial charge in [-0.3, -0.25) is 5.10 Å². The van der Waals surface area contributed by atoms with Gasteiger partial charge < -0.3 is 10.0 Å². The van der Waals surface area contributed by atoms with Crippen molar-refractivity contribution in [3.8, 4) is 0 Å². The van der Waals surface area contributed by atoms with E-state index in [0.29, 0.717) is 0 Å².